The average molecular weight is 278 g/mol. The molecule has 0 aliphatic carbocycles. The first kappa shape index (κ1) is 11.1. The fourth-order valence-corrected chi connectivity index (χ4v) is 1.83. The predicted molar refractivity (Wildman–Crippen MR) is 68.1 cm³/mol. The summed E-state index contributed by atoms with van der Waals surface area (Å²) in [5.41, 5.74) is 2.22. The third-order valence-electron chi connectivity index (χ3n) is 2.20. The summed E-state index contributed by atoms with van der Waals surface area (Å²) in [6.45, 7) is 2.04. The molecule has 0 N–H and O–H groups in total. The lowest BCUT2D eigenvalue weighted by Crippen LogP contribution is -1.92. The SMILES string of the molecule is Cc1cccc(Oc2ncccc2CBr)c1. The smallest absolute Gasteiger partial charge is 0.223 e. The van der Waals surface area contributed by atoms with Crippen LogP contribution in [0.2, 0.25) is 0 Å². The minimum atomic E-state index is 0.657. The van der Waals surface area contributed by atoms with Gasteiger partial charge in [-0.05, 0) is 30.7 Å². The summed E-state index contributed by atoms with van der Waals surface area (Å²) in [4.78, 5) is 4.22. The number of ether oxygens (including phenoxy) is 1. The molecule has 0 radical (unpaired) electrons. The van der Waals surface area contributed by atoms with Crippen molar-refractivity contribution in [3.05, 3.63) is 53.7 Å². The van der Waals surface area contributed by atoms with Gasteiger partial charge in [-0.1, -0.05) is 34.1 Å². The fourth-order valence-electron chi connectivity index (χ4n) is 1.41. The molecule has 0 unspecified atom stereocenters. The van der Waals surface area contributed by atoms with E-state index in [1.807, 2.05) is 43.3 Å². The lowest BCUT2D eigenvalue weighted by Gasteiger charge is -2.08. The minimum absolute atomic E-state index is 0.657. The van der Waals surface area contributed by atoms with Crippen molar-refractivity contribution >= 4 is 15.9 Å². The molecular weight excluding hydrogens is 266 g/mol. The second kappa shape index (κ2) is 5.12. The van der Waals surface area contributed by atoms with Gasteiger partial charge in [0.25, 0.3) is 0 Å². The maximum absolute atomic E-state index is 5.74. The van der Waals surface area contributed by atoms with E-state index in [0.29, 0.717) is 5.88 Å². The Hall–Kier alpha value is -1.35. The molecule has 1 heterocycles. The summed E-state index contributed by atoms with van der Waals surface area (Å²) >= 11 is 3.42. The summed E-state index contributed by atoms with van der Waals surface area (Å²) in [7, 11) is 0. The molecule has 0 spiro atoms. The lowest BCUT2D eigenvalue weighted by atomic mass is 10.2. The van der Waals surface area contributed by atoms with Crippen molar-refractivity contribution in [2.24, 2.45) is 0 Å². The number of alkyl halides is 1. The molecule has 2 rings (SSSR count). The first-order chi connectivity index (χ1) is 7.79. The van der Waals surface area contributed by atoms with Crippen molar-refractivity contribution in [1.29, 1.82) is 0 Å². The van der Waals surface area contributed by atoms with E-state index in [1.165, 1.54) is 5.56 Å². The summed E-state index contributed by atoms with van der Waals surface area (Å²) in [5.74, 6) is 1.48. The number of aryl methyl sites for hydroxylation is 1. The van der Waals surface area contributed by atoms with Crippen LogP contribution in [0.5, 0.6) is 11.6 Å². The van der Waals surface area contributed by atoms with Crippen LogP contribution in [-0.2, 0) is 5.33 Å². The number of aromatic nitrogens is 1. The maximum Gasteiger partial charge on any atom is 0.223 e. The van der Waals surface area contributed by atoms with Crippen molar-refractivity contribution < 1.29 is 4.74 Å². The Balaban J connectivity index is 2.26. The molecule has 0 saturated heterocycles. The summed E-state index contributed by atoms with van der Waals surface area (Å²) in [6, 6.07) is 11.8. The molecule has 1 aromatic heterocycles. The van der Waals surface area contributed by atoms with Crippen LogP contribution >= 0.6 is 15.9 Å². The Kier molecular flexibility index (Phi) is 3.57. The third kappa shape index (κ3) is 2.61. The molecule has 0 atom stereocenters. The largest absolute Gasteiger partial charge is 0.439 e. The molecule has 0 fully saturated rings. The van der Waals surface area contributed by atoms with Gasteiger partial charge in [-0.25, -0.2) is 4.98 Å². The highest BCUT2D eigenvalue weighted by atomic mass is 79.9. The van der Waals surface area contributed by atoms with Crippen LogP contribution in [0.1, 0.15) is 11.1 Å². The number of pyridine rings is 1. The van der Waals surface area contributed by atoms with E-state index in [-0.39, 0.29) is 0 Å². The van der Waals surface area contributed by atoms with Gasteiger partial charge in [0.2, 0.25) is 5.88 Å². The van der Waals surface area contributed by atoms with Gasteiger partial charge < -0.3 is 4.74 Å². The van der Waals surface area contributed by atoms with Crippen molar-refractivity contribution in [3.63, 3.8) is 0 Å². The van der Waals surface area contributed by atoms with Crippen LogP contribution in [-0.4, -0.2) is 4.98 Å². The molecule has 0 bridgehead atoms. The van der Waals surface area contributed by atoms with Gasteiger partial charge in [-0.2, -0.15) is 0 Å². The molecule has 0 aliphatic heterocycles. The standard InChI is InChI=1S/C13H12BrNO/c1-10-4-2-6-12(8-10)16-13-11(9-14)5-3-7-15-13/h2-8H,9H2,1H3. The van der Waals surface area contributed by atoms with Crippen molar-refractivity contribution in [2.45, 2.75) is 12.3 Å². The number of hydrogen-bond acceptors (Lipinski definition) is 2. The molecular formula is C13H12BrNO. The zero-order valence-electron chi connectivity index (χ0n) is 8.98. The monoisotopic (exact) mass is 277 g/mol. The number of halogens is 1. The Morgan fingerprint density at radius 1 is 1.25 bits per heavy atom. The number of benzene rings is 1. The highest BCUT2D eigenvalue weighted by Crippen LogP contribution is 2.24. The van der Waals surface area contributed by atoms with Crippen LogP contribution in [0, 0.1) is 6.92 Å². The molecule has 0 aliphatic rings. The fraction of sp³-hybridized carbons (Fsp3) is 0.154. The van der Waals surface area contributed by atoms with Crippen LogP contribution < -0.4 is 4.74 Å². The van der Waals surface area contributed by atoms with E-state index in [9.17, 15) is 0 Å². The van der Waals surface area contributed by atoms with Crippen molar-refractivity contribution in [1.82, 2.24) is 4.98 Å². The van der Waals surface area contributed by atoms with Crippen LogP contribution in [0.25, 0.3) is 0 Å². The van der Waals surface area contributed by atoms with Gasteiger partial charge in [0.15, 0.2) is 0 Å². The summed E-state index contributed by atoms with van der Waals surface area (Å²) < 4.78 is 5.74. The second-order valence-corrected chi connectivity index (χ2v) is 4.08. The normalized spacial score (nSPS) is 10.1. The molecule has 82 valence electrons. The lowest BCUT2D eigenvalue weighted by molar-refractivity contribution is 0.458. The number of hydrogen-bond donors (Lipinski definition) is 0. The first-order valence-electron chi connectivity index (χ1n) is 5.04. The van der Waals surface area contributed by atoms with Gasteiger partial charge in [0.05, 0.1) is 0 Å². The second-order valence-electron chi connectivity index (χ2n) is 3.52. The van der Waals surface area contributed by atoms with Gasteiger partial charge in [0, 0.05) is 17.1 Å². The summed E-state index contributed by atoms with van der Waals surface area (Å²) in [6.07, 6.45) is 1.73. The van der Waals surface area contributed by atoms with Gasteiger partial charge in [-0.3, -0.25) is 0 Å². The van der Waals surface area contributed by atoms with Gasteiger partial charge >= 0.3 is 0 Å². The van der Waals surface area contributed by atoms with Crippen molar-refractivity contribution in [2.75, 3.05) is 0 Å². The van der Waals surface area contributed by atoms with E-state index in [0.717, 1.165) is 16.6 Å². The minimum Gasteiger partial charge on any atom is -0.439 e. The third-order valence-corrected chi connectivity index (χ3v) is 2.80. The quantitative estimate of drug-likeness (QED) is 0.789. The van der Waals surface area contributed by atoms with E-state index in [2.05, 4.69) is 20.9 Å². The Labute approximate surface area is 103 Å². The highest BCUT2D eigenvalue weighted by Gasteiger charge is 2.04. The van der Waals surface area contributed by atoms with Crippen LogP contribution in [0.4, 0.5) is 0 Å². The van der Waals surface area contributed by atoms with E-state index in [4.69, 9.17) is 4.74 Å². The van der Waals surface area contributed by atoms with Gasteiger partial charge in [0.1, 0.15) is 5.75 Å². The van der Waals surface area contributed by atoms with Crippen molar-refractivity contribution in [3.8, 4) is 11.6 Å². The molecule has 3 heteroatoms. The topological polar surface area (TPSA) is 22.1 Å². The molecule has 0 amide bonds. The molecule has 2 aromatic rings. The van der Waals surface area contributed by atoms with E-state index in [1.54, 1.807) is 6.20 Å². The molecule has 1 aromatic carbocycles. The van der Waals surface area contributed by atoms with Crippen LogP contribution in [0.3, 0.4) is 0 Å². The average Bonchev–Trinajstić information content (AvgIpc) is 2.30. The van der Waals surface area contributed by atoms with Gasteiger partial charge in [-0.15, -0.1) is 0 Å². The van der Waals surface area contributed by atoms with E-state index >= 15 is 0 Å². The Morgan fingerprint density at radius 2 is 2.12 bits per heavy atom. The first-order valence-corrected chi connectivity index (χ1v) is 6.16. The molecule has 16 heavy (non-hydrogen) atoms. The zero-order chi connectivity index (χ0) is 11.4. The van der Waals surface area contributed by atoms with E-state index < -0.39 is 0 Å². The Bertz CT molecular complexity index is 485. The highest BCUT2D eigenvalue weighted by molar-refractivity contribution is 9.08. The predicted octanol–water partition coefficient (Wildman–Crippen LogP) is 4.08. The maximum atomic E-state index is 5.74. The molecule has 2 nitrogen and oxygen atoms in total. The molecule has 0 saturated carbocycles. The van der Waals surface area contributed by atoms with Crippen LogP contribution in [0.15, 0.2) is 42.6 Å². The number of nitrogens with zero attached hydrogens (tertiary/aromatic N) is 1. The Morgan fingerprint density at radius 3 is 2.88 bits per heavy atom. The zero-order valence-corrected chi connectivity index (χ0v) is 10.6. The number of rotatable bonds is 3. The summed E-state index contributed by atoms with van der Waals surface area (Å²) in [5, 5.41) is 0.738.